The van der Waals surface area contributed by atoms with E-state index in [1.165, 1.54) is 7.11 Å². The second kappa shape index (κ2) is 8.67. The molecule has 0 aliphatic carbocycles. The maximum atomic E-state index is 12.9. The number of imidazole rings is 1. The fourth-order valence-electron chi connectivity index (χ4n) is 3.12. The Morgan fingerprint density at radius 3 is 2.41 bits per heavy atom. The highest BCUT2D eigenvalue weighted by molar-refractivity contribution is 7.92. The van der Waals surface area contributed by atoms with Crippen molar-refractivity contribution in [3.63, 3.8) is 0 Å². The van der Waals surface area contributed by atoms with Crippen LogP contribution in [-0.2, 0) is 10.0 Å². The minimum atomic E-state index is -3.81. The van der Waals surface area contributed by atoms with Gasteiger partial charge in [-0.25, -0.2) is 23.4 Å². The molecule has 0 radical (unpaired) electrons. The van der Waals surface area contributed by atoms with Crippen LogP contribution >= 0.6 is 0 Å². The molecule has 0 aliphatic rings. The number of benzene rings is 2. The maximum Gasteiger partial charge on any atom is 0.265 e. The zero-order valence-electron chi connectivity index (χ0n) is 17.8. The lowest BCUT2D eigenvalue weighted by molar-refractivity contribution is 0.402. The van der Waals surface area contributed by atoms with E-state index in [9.17, 15) is 8.42 Å². The van der Waals surface area contributed by atoms with Crippen LogP contribution in [0.25, 0.3) is 5.82 Å². The molecule has 164 valence electrons. The van der Waals surface area contributed by atoms with Crippen molar-refractivity contribution >= 4 is 27.2 Å². The van der Waals surface area contributed by atoms with Gasteiger partial charge in [-0.1, -0.05) is 6.07 Å². The highest BCUT2D eigenvalue weighted by Gasteiger charge is 2.20. The number of anilines is 3. The summed E-state index contributed by atoms with van der Waals surface area (Å²) in [6.45, 7) is 3.63. The van der Waals surface area contributed by atoms with Gasteiger partial charge >= 0.3 is 0 Å². The first-order valence-corrected chi connectivity index (χ1v) is 11.2. The molecule has 0 spiro atoms. The highest BCUT2D eigenvalue weighted by atomic mass is 32.2. The second-order valence-corrected chi connectivity index (χ2v) is 8.74. The van der Waals surface area contributed by atoms with Gasteiger partial charge < -0.3 is 10.1 Å². The molecule has 2 heterocycles. The zero-order valence-corrected chi connectivity index (χ0v) is 18.6. The van der Waals surface area contributed by atoms with E-state index < -0.39 is 10.0 Å². The van der Waals surface area contributed by atoms with E-state index in [0.717, 1.165) is 11.3 Å². The van der Waals surface area contributed by atoms with Crippen LogP contribution in [0.4, 0.5) is 17.2 Å². The van der Waals surface area contributed by atoms with E-state index in [-0.39, 0.29) is 10.6 Å². The van der Waals surface area contributed by atoms with E-state index in [1.807, 2.05) is 13.8 Å². The molecule has 0 unspecified atom stereocenters. The van der Waals surface area contributed by atoms with E-state index in [2.05, 4.69) is 25.0 Å². The van der Waals surface area contributed by atoms with Crippen molar-refractivity contribution in [2.75, 3.05) is 17.1 Å². The van der Waals surface area contributed by atoms with Crippen molar-refractivity contribution in [2.24, 2.45) is 0 Å². The maximum absolute atomic E-state index is 12.9. The van der Waals surface area contributed by atoms with Gasteiger partial charge in [-0.3, -0.25) is 9.29 Å². The fourth-order valence-corrected chi connectivity index (χ4v) is 4.43. The van der Waals surface area contributed by atoms with Gasteiger partial charge in [0.15, 0.2) is 0 Å². The minimum Gasteiger partial charge on any atom is -0.495 e. The lowest BCUT2D eigenvalue weighted by Crippen LogP contribution is -2.14. The van der Waals surface area contributed by atoms with Crippen LogP contribution in [0.15, 0.2) is 72.1 Å². The number of aromatic nitrogens is 4. The van der Waals surface area contributed by atoms with E-state index in [0.29, 0.717) is 23.1 Å². The molecule has 0 fully saturated rings. The summed E-state index contributed by atoms with van der Waals surface area (Å²) in [5.74, 6) is 2.19. The third-order valence-electron chi connectivity index (χ3n) is 4.61. The monoisotopic (exact) mass is 450 g/mol. The van der Waals surface area contributed by atoms with E-state index in [4.69, 9.17) is 4.74 Å². The van der Waals surface area contributed by atoms with Crippen LogP contribution in [0.5, 0.6) is 5.75 Å². The van der Waals surface area contributed by atoms with E-state index >= 15 is 0 Å². The first-order chi connectivity index (χ1) is 15.3. The summed E-state index contributed by atoms with van der Waals surface area (Å²) in [6.07, 6.45) is 5.14. The molecule has 10 heteroatoms. The van der Waals surface area contributed by atoms with Crippen LogP contribution in [0.3, 0.4) is 0 Å². The van der Waals surface area contributed by atoms with Crippen molar-refractivity contribution < 1.29 is 13.2 Å². The van der Waals surface area contributed by atoms with Gasteiger partial charge in [0, 0.05) is 29.8 Å². The normalized spacial score (nSPS) is 11.2. The van der Waals surface area contributed by atoms with E-state index in [1.54, 1.807) is 71.8 Å². The minimum absolute atomic E-state index is 0.0886. The number of sulfonamides is 1. The molecule has 0 saturated carbocycles. The smallest absolute Gasteiger partial charge is 0.265 e. The molecule has 0 amide bonds. The molecular formula is C22H22N6O3S. The van der Waals surface area contributed by atoms with Crippen LogP contribution in [0, 0.1) is 13.8 Å². The lowest BCUT2D eigenvalue weighted by atomic mass is 10.2. The Bertz CT molecular complexity index is 1340. The van der Waals surface area contributed by atoms with Gasteiger partial charge in [-0.2, -0.15) is 0 Å². The topological polar surface area (TPSA) is 111 Å². The molecule has 32 heavy (non-hydrogen) atoms. The van der Waals surface area contributed by atoms with Gasteiger partial charge in [0.2, 0.25) is 0 Å². The Labute approximate surface area is 186 Å². The van der Waals surface area contributed by atoms with Crippen LogP contribution in [-0.4, -0.2) is 35.0 Å². The third-order valence-corrected chi connectivity index (χ3v) is 6.01. The summed E-state index contributed by atoms with van der Waals surface area (Å²) in [4.78, 5) is 12.9. The summed E-state index contributed by atoms with van der Waals surface area (Å²) in [5.41, 5.74) is 1.99. The fraction of sp³-hybridized carbons (Fsp3) is 0.136. The Morgan fingerprint density at radius 1 is 0.969 bits per heavy atom. The highest BCUT2D eigenvalue weighted by Crippen LogP contribution is 2.27. The molecule has 2 N–H and O–H groups in total. The van der Waals surface area contributed by atoms with Crippen molar-refractivity contribution in [3.8, 4) is 11.6 Å². The van der Waals surface area contributed by atoms with Crippen molar-refractivity contribution in [3.05, 3.63) is 78.6 Å². The zero-order chi connectivity index (χ0) is 22.7. The molecule has 2 aromatic carbocycles. The number of aryl methyl sites for hydroxylation is 2. The van der Waals surface area contributed by atoms with Gasteiger partial charge in [-0.15, -0.1) is 0 Å². The summed E-state index contributed by atoms with van der Waals surface area (Å²) in [5, 5.41) is 3.21. The predicted molar refractivity (Wildman–Crippen MR) is 122 cm³/mol. The Kier molecular flexibility index (Phi) is 5.78. The van der Waals surface area contributed by atoms with Crippen LogP contribution in [0.2, 0.25) is 0 Å². The average molecular weight is 451 g/mol. The molecule has 2 aromatic heterocycles. The van der Waals surface area contributed by atoms with Gasteiger partial charge in [-0.05, 0) is 55.8 Å². The SMILES string of the molecule is COc1ccc(C)cc1S(=O)(=O)Nc1ccc(Nc2cc(-n3ccnc3)nc(C)n2)cc1. The Balaban J connectivity index is 1.53. The van der Waals surface area contributed by atoms with Crippen molar-refractivity contribution in [2.45, 2.75) is 18.7 Å². The number of rotatable bonds is 7. The third kappa shape index (κ3) is 4.70. The first kappa shape index (κ1) is 21.3. The number of nitrogens with zero attached hydrogens (tertiary/aromatic N) is 4. The van der Waals surface area contributed by atoms with Gasteiger partial charge in [0.25, 0.3) is 10.0 Å². The molecule has 4 rings (SSSR count). The quantitative estimate of drug-likeness (QED) is 0.440. The summed E-state index contributed by atoms with van der Waals surface area (Å²) in [6, 6.07) is 13.7. The number of ether oxygens (including phenoxy) is 1. The number of methoxy groups -OCH3 is 1. The average Bonchev–Trinajstić information content (AvgIpc) is 3.30. The molecular weight excluding hydrogens is 428 g/mol. The Hall–Kier alpha value is -3.92. The number of nitrogens with one attached hydrogen (secondary N) is 2. The van der Waals surface area contributed by atoms with Gasteiger partial charge in [0.05, 0.1) is 7.11 Å². The second-order valence-electron chi connectivity index (χ2n) is 7.09. The lowest BCUT2D eigenvalue weighted by Gasteiger charge is -2.13. The first-order valence-electron chi connectivity index (χ1n) is 9.72. The van der Waals surface area contributed by atoms with Crippen LogP contribution in [0.1, 0.15) is 11.4 Å². The molecule has 9 nitrogen and oxygen atoms in total. The summed E-state index contributed by atoms with van der Waals surface area (Å²) in [7, 11) is -2.37. The molecule has 0 atom stereocenters. The predicted octanol–water partition coefficient (Wildman–Crippen LogP) is 3.83. The number of hydrogen-bond donors (Lipinski definition) is 2. The molecule has 0 aliphatic heterocycles. The van der Waals surface area contributed by atoms with Crippen molar-refractivity contribution in [1.29, 1.82) is 0 Å². The summed E-state index contributed by atoms with van der Waals surface area (Å²) < 4.78 is 35.3. The van der Waals surface area contributed by atoms with Crippen molar-refractivity contribution in [1.82, 2.24) is 19.5 Å². The molecule has 0 saturated heterocycles. The number of hydrogen-bond acceptors (Lipinski definition) is 7. The molecule has 4 aromatic rings. The molecule has 0 bridgehead atoms. The van der Waals surface area contributed by atoms with Gasteiger partial charge in [0.1, 0.15) is 34.4 Å². The largest absolute Gasteiger partial charge is 0.495 e. The Morgan fingerprint density at radius 2 is 1.72 bits per heavy atom. The standard InChI is InChI=1S/C22H22N6O3S/c1-15-4-9-19(31-3)20(12-15)32(29,30)27-18-7-5-17(6-8-18)26-21-13-22(25-16(2)24-21)28-11-10-23-14-28/h4-14,27H,1-3H3,(H,24,25,26). The summed E-state index contributed by atoms with van der Waals surface area (Å²) >= 11 is 0. The van der Waals surface area contributed by atoms with Crippen LogP contribution < -0.4 is 14.8 Å².